The van der Waals surface area contributed by atoms with Gasteiger partial charge in [0.05, 0.1) is 12.5 Å². The van der Waals surface area contributed by atoms with Gasteiger partial charge in [0, 0.05) is 17.2 Å². The summed E-state index contributed by atoms with van der Waals surface area (Å²) in [4.78, 5) is 13.2. The van der Waals surface area contributed by atoms with Crippen LogP contribution in [0.5, 0.6) is 0 Å². The van der Waals surface area contributed by atoms with Gasteiger partial charge in [-0.25, -0.2) is 0 Å². The van der Waals surface area contributed by atoms with Crippen molar-refractivity contribution < 1.29 is 9.53 Å². The van der Waals surface area contributed by atoms with E-state index < -0.39 is 5.41 Å². The van der Waals surface area contributed by atoms with E-state index in [9.17, 15) is 4.79 Å². The molecule has 2 rings (SSSR count). The predicted octanol–water partition coefficient (Wildman–Crippen LogP) is 2.40. The van der Waals surface area contributed by atoms with Crippen molar-refractivity contribution in [1.29, 1.82) is 0 Å². The highest BCUT2D eigenvalue weighted by Crippen LogP contribution is 2.44. The molecular weight excluding hydrogens is 246 g/mol. The fourth-order valence-corrected chi connectivity index (χ4v) is 3.69. The van der Waals surface area contributed by atoms with E-state index in [0.717, 1.165) is 12.2 Å². The van der Waals surface area contributed by atoms with Gasteiger partial charge in [0.2, 0.25) is 0 Å². The second-order valence-electron chi connectivity index (χ2n) is 5.01. The largest absolute Gasteiger partial charge is 0.469 e. The Morgan fingerprint density at radius 2 is 2.28 bits per heavy atom. The van der Waals surface area contributed by atoms with Crippen molar-refractivity contribution in [3.63, 3.8) is 0 Å². The smallest absolute Gasteiger partial charge is 0.312 e. The van der Waals surface area contributed by atoms with Crippen LogP contribution >= 0.6 is 11.8 Å². The Kier molecular flexibility index (Phi) is 3.97. The van der Waals surface area contributed by atoms with E-state index in [0.29, 0.717) is 12.5 Å². The van der Waals surface area contributed by atoms with Crippen LogP contribution in [0, 0.1) is 5.41 Å². The van der Waals surface area contributed by atoms with Crippen LogP contribution in [0.3, 0.4) is 0 Å². The summed E-state index contributed by atoms with van der Waals surface area (Å²) in [5.74, 6) is 1.20. The highest BCUT2D eigenvalue weighted by Gasteiger charge is 2.38. The number of fused-ring (bicyclic) bond motifs is 1. The second kappa shape index (κ2) is 5.33. The van der Waals surface area contributed by atoms with Gasteiger partial charge in [-0.3, -0.25) is 4.79 Å². The fraction of sp³-hybridized carbons (Fsp3) is 0.500. The minimum Gasteiger partial charge on any atom is -0.469 e. The summed E-state index contributed by atoms with van der Waals surface area (Å²) in [6, 6.07) is 8.39. The number of nitrogens with two attached hydrogens (primary N) is 1. The highest BCUT2D eigenvalue weighted by atomic mass is 32.2. The molecule has 1 aromatic carbocycles. The first-order chi connectivity index (χ1) is 8.60. The number of thioether (sulfide) groups is 1. The maximum atomic E-state index is 11.9. The maximum Gasteiger partial charge on any atom is 0.312 e. The molecule has 0 bridgehead atoms. The van der Waals surface area contributed by atoms with E-state index in [1.165, 1.54) is 17.6 Å². The molecule has 0 fully saturated rings. The van der Waals surface area contributed by atoms with E-state index in [-0.39, 0.29) is 5.97 Å². The SMILES string of the molecule is COC(=O)C(C)(CN)CC1CSc2ccccc21. The number of carbonyl (C=O) groups is 1. The molecule has 1 heterocycles. The molecule has 0 saturated heterocycles. The maximum absolute atomic E-state index is 11.9. The summed E-state index contributed by atoms with van der Waals surface area (Å²) in [6.07, 6.45) is 0.750. The summed E-state index contributed by atoms with van der Waals surface area (Å²) in [6.45, 7) is 2.22. The number of carbonyl (C=O) groups excluding carboxylic acids is 1. The van der Waals surface area contributed by atoms with Crippen LogP contribution in [0.2, 0.25) is 0 Å². The molecule has 0 aliphatic carbocycles. The van der Waals surface area contributed by atoms with Crippen molar-refractivity contribution in [2.45, 2.75) is 24.2 Å². The van der Waals surface area contributed by atoms with Gasteiger partial charge in [-0.2, -0.15) is 0 Å². The molecule has 0 spiro atoms. The van der Waals surface area contributed by atoms with Gasteiger partial charge < -0.3 is 10.5 Å². The Morgan fingerprint density at radius 1 is 1.56 bits per heavy atom. The first-order valence-corrected chi connectivity index (χ1v) is 7.09. The number of rotatable bonds is 4. The molecule has 0 aromatic heterocycles. The summed E-state index contributed by atoms with van der Waals surface area (Å²) >= 11 is 1.85. The van der Waals surface area contributed by atoms with Crippen molar-refractivity contribution in [2.75, 3.05) is 19.4 Å². The molecule has 2 unspecified atom stereocenters. The molecular formula is C14H19NO2S. The third-order valence-corrected chi connectivity index (χ3v) is 4.88. The van der Waals surface area contributed by atoms with Crippen LogP contribution in [0.25, 0.3) is 0 Å². The van der Waals surface area contributed by atoms with Gasteiger partial charge >= 0.3 is 5.97 Å². The number of benzene rings is 1. The minimum atomic E-state index is -0.586. The molecule has 3 nitrogen and oxygen atoms in total. The number of hydrogen-bond donors (Lipinski definition) is 1. The normalized spacial score (nSPS) is 21.2. The lowest BCUT2D eigenvalue weighted by Crippen LogP contribution is -2.38. The Bertz CT molecular complexity index is 449. The molecule has 1 aliphatic rings. The van der Waals surface area contributed by atoms with Crippen molar-refractivity contribution in [1.82, 2.24) is 0 Å². The molecule has 1 aromatic rings. The van der Waals surface area contributed by atoms with Crippen LogP contribution in [0.15, 0.2) is 29.2 Å². The van der Waals surface area contributed by atoms with Crippen LogP contribution < -0.4 is 5.73 Å². The van der Waals surface area contributed by atoms with E-state index >= 15 is 0 Å². The van der Waals surface area contributed by atoms with E-state index in [4.69, 9.17) is 10.5 Å². The zero-order valence-corrected chi connectivity index (χ0v) is 11.6. The molecule has 4 heteroatoms. The van der Waals surface area contributed by atoms with E-state index in [2.05, 4.69) is 24.3 Å². The number of methoxy groups -OCH3 is 1. The monoisotopic (exact) mass is 265 g/mol. The lowest BCUT2D eigenvalue weighted by Gasteiger charge is -2.28. The molecule has 98 valence electrons. The number of ether oxygens (including phenoxy) is 1. The average molecular weight is 265 g/mol. The first-order valence-electron chi connectivity index (χ1n) is 6.11. The van der Waals surface area contributed by atoms with E-state index in [1.807, 2.05) is 18.7 Å². The van der Waals surface area contributed by atoms with Crippen LogP contribution in [-0.2, 0) is 9.53 Å². The topological polar surface area (TPSA) is 52.3 Å². The molecule has 0 amide bonds. The third kappa shape index (κ3) is 2.40. The molecule has 0 saturated carbocycles. The summed E-state index contributed by atoms with van der Waals surface area (Å²) in [7, 11) is 1.42. The quantitative estimate of drug-likeness (QED) is 0.849. The number of esters is 1. The van der Waals surface area contributed by atoms with Gasteiger partial charge in [0.25, 0.3) is 0 Å². The standard InChI is InChI=1S/C14H19NO2S/c1-14(9-15,13(16)17-2)7-10-8-18-12-6-4-3-5-11(10)12/h3-6,10H,7-9,15H2,1-2H3. The Labute approximate surface area is 112 Å². The van der Waals surface area contributed by atoms with Gasteiger partial charge in [0.15, 0.2) is 0 Å². The molecule has 0 radical (unpaired) electrons. The van der Waals surface area contributed by atoms with Gasteiger partial charge in [-0.15, -0.1) is 11.8 Å². The van der Waals surface area contributed by atoms with Gasteiger partial charge in [-0.05, 0) is 30.9 Å². The molecule has 2 atom stereocenters. The van der Waals surface area contributed by atoms with Crippen molar-refractivity contribution in [3.8, 4) is 0 Å². The minimum absolute atomic E-state index is 0.209. The van der Waals surface area contributed by atoms with Gasteiger partial charge in [0.1, 0.15) is 0 Å². The summed E-state index contributed by atoms with van der Waals surface area (Å²) in [5, 5.41) is 0. The fourth-order valence-electron chi connectivity index (χ4n) is 2.44. The molecule has 18 heavy (non-hydrogen) atoms. The van der Waals surface area contributed by atoms with Crippen molar-refractivity contribution in [3.05, 3.63) is 29.8 Å². The van der Waals surface area contributed by atoms with Crippen LogP contribution in [0.1, 0.15) is 24.8 Å². The number of hydrogen-bond acceptors (Lipinski definition) is 4. The van der Waals surface area contributed by atoms with Crippen LogP contribution in [0.4, 0.5) is 0 Å². The Morgan fingerprint density at radius 3 is 2.94 bits per heavy atom. The lowest BCUT2D eigenvalue weighted by molar-refractivity contribution is -0.151. The van der Waals surface area contributed by atoms with Gasteiger partial charge in [-0.1, -0.05) is 18.2 Å². The Hall–Kier alpha value is -1.00. The first kappa shape index (κ1) is 13.4. The summed E-state index contributed by atoms with van der Waals surface area (Å²) in [5.41, 5.74) is 6.53. The zero-order valence-electron chi connectivity index (χ0n) is 10.8. The average Bonchev–Trinajstić information content (AvgIpc) is 2.81. The molecule has 1 aliphatic heterocycles. The zero-order chi connectivity index (χ0) is 13.2. The molecule has 2 N–H and O–H groups in total. The summed E-state index contributed by atoms with van der Waals surface area (Å²) < 4.78 is 4.88. The van der Waals surface area contributed by atoms with Crippen molar-refractivity contribution in [2.24, 2.45) is 11.1 Å². The third-order valence-electron chi connectivity index (χ3n) is 3.62. The highest BCUT2D eigenvalue weighted by molar-refractivity contribution is 7.99. The van der Waals surface area contributed by atoms with Crippen molar-refractivity contribution >= 4 is 17.7 Å². The lowest BCUT2D eigenvalue weighted by atomic mass is 9.79. The predicted molar refractivity (Wildman–Crippen MR) is 73.7 cm³/mol. The van der Waals surface area contributed by atoms with Crippen LogP contribution in [-0.4, -0.2) is 25.4 Å². The second-order valence-corrected chi connectivity index (χ2v) is 6.07. The van der Waals surface area contributed by atoms with E-state index in [1.54, 1.807) is 0 Å². The Balaban J connectivity index is 2.18.